The van der Waals surface area contributed by atoms with Crippen molar-refractivity contribution < 1.29 is 9.47 Å². The van der Waals surface area contributed by atoms with Gasteiger partial charge in [0.1, 0.15) is 12.1 Å². The maximum atomic E-state index is 6.06. The van der Waals surface area contributed by atoms with E-state index in [1.165, 1.54) is 0 Å². The van der Waals surface area contributed by atoms with Crippen LogP contribution >= 0.6 is 34.3 Å². The van der Waals surface area contributed by atoms with Gasteiger partial charge < -0.3 is 14.8 Å². The lowest BCUT2D eigenvalue weighted by atomic mass is 10.2. The summed E-state index contributed by atoms with van der Waals surface area (Å²) in [5.41, 5.74) is 2.03. The minimum atomic E-state index is 0.281. The van der Waals surface area contributed by atoms with E-state index in [0.29, 0.717) is 6.54 Å². The average Bonchev–Trinajstić information content (AvgIpc) is 3.37. The van der Waals surface area contributed by atoms with E-state index in [1.807, 2.05) is 30.3 Å². The van der Waals surface area contributed by atoms with Crippen molar-refractivity contribution >= 4 is 50.3 Å². The van der Waals surface area contributed by atoms with Crippen LogP contribution < -0.4 is 14.8 Å². The molecule has 4 heterocycles. The Morgan fingerprint density at radius 2 is 1.92 bits per heavy atom. The molecule has 0 unspecified atom stereocenters. The molecule has 130 valence electrons. The Bertz CT molecular complexity index is 1110. The first-order valence-electron chi connectivity index (χ1n) is 7.89. The molecule has 4 aromatic rings. The molecule has 1 aliphatic heterocycles. The maximum Gasteiger partial charge on any atom is 0.231 e. The molecule has 0 bridgehead atoms. The molecule has 0 saturated carbocycles. The molecule has 0 radical (unpaired) electrons. The number of anilines is 1. The Balaban J connectivity index is 1.42. The standard InChI is InChI=1S/C18H12ClN3O2S2/c19-16-4-3-14(25-16)15-6-11-17(26-15)18(22-8-21-11)20-7-10-1-2-12-13(5-10)24-9-23-12/h1-6,8H,7,9H2,(H,20,21,22). The highest BCUT2D eigenvalue weighted by Gasteiger charge is 2.14. The maximum absolute atomic E-state index is 6.06. The van der Waals surface area contributed by atoms with Gasteiger partial charge in [-0.1, -0.05) is 17.7 Å². The third kappa shape index (κ3) is 2.88. The molecule has 0 fully saturated rings. The number of aromatic nitrogens is 2. The van der Waals surface area contributed by atoms with Gasteiger partial charge in [0.2, 0.25) is 6.79 Å². The number of nitrogens with one attached hydrogen (secondary N) is 1. The Morgan fingerprint density at radius 1 is 1.00 bits per heavy atom. The quantitative estimate of drug-likeness (QED) is 0.495. The average molecular weight is 402 g/mol. The summed E-state index contributed by atoms with van der Waals surface area (Å²) < 4.78 is 12.6. The highest BCUT2D eigenvalue weighted by Crippen LogP contribution is 2.40. The van der Waals surface area contributed by atoms with Crippen molar-refractivity contribution in [1.82, 2.24) is 9.97 Å². The van der Waals surface area contributed by atoms with E-state index in [4.69, 9.17) is 21.1 Å². The molecule has 5 nitrogen and oxygen atoms in total. The lowest BCUT2D eigenvalue weighted by molar-refractivity contribution is 0.174. The van der Waals surface area contributed by atoms with Gasteiger partial charge in [0.25, 0.3) is 0 Å². The van der Waals surface area contributed by atoms with Crippen LogP contribution in [-0.2, 0) is 6.54 Å². The minimum Gasteiger partial charge on any atom is -0.454 e. The molecule has 1 aromatic carbocycles. The second-order valence-electron chi connectivity index (χ2n) is 5.69. The van der Waals surface area contributed by atoms with Crippen molar-refractivity contribution in [3.05, 3.63) is 52.6 Å². The van der Waals surface area contributed by atoms with Crippen LogP contribution in [0, 0.1) is 0 Å². The summed E-state index contributed by atoms with van der Waals surface area (Å²) in [7, 11) is 0. The van der Waals surface area contributed by atoms with Gasteiger partial charge in [-0.15, -0.1) is 22.7 Å². The van der Waals surface area contributed by atoms with E-state index in [0.717, 1.165) is 47.2 Å². The van der Waals surface area contributed by atoms with Gasteiger partial charge in [-0.2, -0.15) is 0 Å². The highest BCUT2D eigenvalue weighted by molar-refractivity contribution is 7.27. The summed E-state index contributed by atoms with van der Waals surface area (Å²) in [5, 5.41) is 3.41. The summed E-state index contributed by atoms with van der Waals surface area (Å²) in [6.45, 7) is 0.921. The summed E-state index contributed by atoms with van der Waals surface area (Å²) in [6, 6.07) is 12.0. The first kappa shape index (κ1) is 15.9. The summed E-state index contributed by atoms with van der Waals surface area (Å²) in [4.78, 5) is 11.1. The molecule has 1 N–H and O–H groups in total. The van der Waals surface area contributed by atoms with Crippen LogP contribution in [0.1, 0.15) is 5.56 Å². The van der Waals surface area contributed by atoms with Gasteiger partial charge in [-0.25, -0.2) is 9.97 Å². The molecule has 0 amide bonds. The Hall–Kier alpha value is -2.35. The monoisotopic (exact) mass is 401 g/mol. The zero-order chi connectivity index (χ0) is 17.5. The molecule has 1 aliphatic rings. The lowest BCUT2D eigenvalue weighted by Gasteiger charge is -2.07. The fourth-order valence-electron chi connectivity index (χ4n) is 2.79. The van der Waals surface area contributed by atoms with Crippen molar-refractivity contribution in [3.8, 4) is 21.3 Å². The molecule has 5 rings (SSSR count). The predicted octanol–water partition coefficient (Wildman–Crippen LogP) is 5.41. The number of hydrogen-bond acceptors (Lipinski definition) is 7. The molecule has 26 heavy (non-hydrogen) atoms. The van der Waals surface area contributed by atoms with Crippen molar-refractivity contribution in [1.29, 1.82) is 0 Å². The third-order valence-electron chi connectivity index (χ3n) is 4.02. The highest BCUT2D eigenvalue weighted by atomic mass is 35.5. The number of fused-ring (bicyclic) bond motifs is 2. The minimum absolute atomic E-state index is 0.281. The summed E-state index contributed by atoms with van der Waals surface area (Å²) >= 11 is 9.29. The van der Waals surface area contributed by atoms with Crippen LogP contribution in [-0.4, -0.2) is 16.8 Å². The number of halogens is 1. The number of thiophene rings is 2. The smallest absolute Gasteiger partial charge is 0.231 e. The predicted molar refractivity (Wildman–Crippen MR) is 106 cm³/mol. The van der Waals surface area contributed by atoms with Crippen LogP contribution in [0.15, 0.2) is 42.7 Å². The summed E-state index contributed by atoms with van der Waals surface area (Å²) in [6.07, 6.45) is 1.59. The first-order valence-corrected chi connectivity index (χ1v) is 9.90. The zero-order valence-electron chi connectivity index (χ0n) is 13.4. The summed E-state index contributed by atoms with van der Waals surface area (Å²) in [5.74, 6) is 2.40. The third-order valence-corrected chi connectivity index (χ3v) is 6.58. The van der Waals surface area contributed by atoms with Crippen molar-refractivity contribution in [3.63, 3.8) is 0 Å². The molecule has 0 atom stereocenters. The number of ether oxygens (including phenoxy) is 2. The van der Waals surface area contributed by atoms with Gasteiger partial charge in [-0.05, 0) is 35.9 Å². The van der Waals surface area contributed by atoms with E-state index in [1.54, 1.807) is 29.0 Å². The topological polar surface area (TPSA) is 56.3 Å². The fourth-order valence-corrected chi connectivity index (χ4v) is 4.99. The lowest BCUT2D eigenvalue weighted by Crippen LogP contribution is -2.01. The second-order valence-corrected chi connectivity index (χ2v) is 8.46. The van der Waals surface area contributed by atoms with Gasteiger partial charge >= 0.3 is 0 Å². The van der Waals surface area contributed by atoms with E-state index in [-0.39, 0.29) is 6.79 Å². The molecular weight excluding hydrogens is 390 g/mol. The zero-order valence-corrected chi connectivity index (χ0v) is 15.7. The number of nitrogens with zero attached hydrogens (tertiary/aromatic N) is 2. The van der Waals surface area contributed by atoms with Gasteiger partial charge in [-0.3, -0.25) is 0 Å². The van der Waals surface area contributed by atoms with E-state index in [9.17, 15) is 0 Å². The molecule has 3 aromatic heterocycles. The molecule has 0 spiro atoms. The molecular formula is C18H12ClN3O2S2. The van der Waals surface area contributed by atoms with Crippen LogP contribution in [0.2, 0.25) is 4.34 Å². The van der Waals surface area contributed by atoms with Gasteiger partial charge in [0.05, 0.1) is 14.6 Å². The van der Waals surface area contributed by atoms with Crippen LogP contribution in [0.25, 0.3) is 20.0 Å². The van der Waals surface area contributed by atoms with E-state index < -0.39 is 0 Å². The second kappa shape index (κ2) is 6.42. The molecule has 8 heteroatoms. The number of benzene rings is 1. The number of rotatable bonds is 4. The Morgan fingerprint density at radius 3 is 2.81 bits per heavy atom. The van der Waals surface area contributed by atoms with E-state index >= 15 is 0 Å². The largest absolute Gasteiger partial charge is 0.454 e. The Kier molecular flexibility index (Phi) is 3.92. The van der Waals surface area contributed by atoms with Gasteiger partial charge in [0.15, 0.2) is 11.5 Å². The van der Waals surface area contributed by atoms with Crippen LogP contribution in [0.4, 0.5) is 5.82 Å². The van der Waals surface area contributed by atoms with Crippen LogP contribution in [0.3, 0.4) is 0 Å². The fraction of sp³-hybridized carbons (Fsp3) is 0.111. The van der Waals surface area contributed by atoms with Crippen molar-refractivity contribution in [2.45, 2.75) is 6.54 Å². The van der Waals surface area contributed by atoms with Crippen molar-refractivity contribution in [2.75, 3.05) is 12.1 Å². The first-order chi connectivity index (χ1) is 12.8. The number of hydrogen-bond donors (Lipinski definition) is 1. The normalized spacial score (nSPS) is 12.7. The van der Waals surface area contributed by atoms with Crippen molar-refractivity contribution in [2.24, 2.45) is 0 Å². The SMILES string of the molecule is Clc1ccc(-c2cc3ncnc(NCc4ccc5c(c4)OCO5)c3s2)s1. The van der Waals surface area contributed by atoms with Crippen LogP contribution in [0.5, 0.6) is 11.5 Å². The van der Waals surface area contributed by atoms with E-state index in [2.05, 4.69) is 21.4 Å². The molecule has 0 aliphatic carbocycles. The van der Waals surface area contributed by atoms with Gasteiger partial charge in [0, 0.05) is 16.3 Å². The molecule has 0 saturated heterocycles. The Labute approximate surface area is 162 Å².